The van der Waals surface area contributed by atoms with Gasteiger partial charge in [-0.25, -0.2) is 0 Å². The molecule has 5 nitrogen and oxygen atoms in total. The van der Waals surface area contributed by atoms with Crippen LogP contribution in [0.5, 0.6) is 0 Å². The second-order valence-corrected chi connectivity index (χ2v) is 10.2. The van der Waals surface area contributed by atoms with E-state index in [9.17, 15) is 13.2 Å². The molecule has 1 saturated heterocycles. The van der Waals surface area contributed by atoms with E-state index in [1.54, 1.807) is 6.33 Å². The highest BCUT2D eigenvalue weighted by Crippen LogP contribution is 2.38. The van der Waals surface area contributed by atoms with Gasteiger partial charge in [0.2, 0.25) is 0 Å². The molecule has 0 aliphatic carbocycles. The van der Waals surface area contributed by atoms with Gasteiger partial charge in [0.25, 0.3) is 0 Å². The number of piperidine rings is 1. The van der Waals surface area contributed by atoms with Gasteiger partial charge in [-0.15, -0.1) is 10.2 Å². The smallest absolute Gasteiger partial charge is 0.354 e. The SMILES string of the molecule is Cc1cc(-c2[nH]c3ccc(C4CCN(CCCC(F)(F)F)CC4)cc3c2C(C)C)cn2cnnc12. The predicted molar refractivity (Wildman–Crippen MR) is 133 cm³/mol. The highest BCUT2D eigenvalue weighted by atomic mass is 19.4. The summed E-state index contributed by atoms with van der Waals surface area (Å²) in [5, 5.41) is 9.49. The Hall–Kier alpha value is -2.87. The Morgan fingerprint density at radius 2 is 1.91 bits per heavy atom. The molecular weight excluding hydrogens is 451 g/mol. The van der Waals surface area contributed by atoms with Crippen LogP contribution < -0.4 is 0 Å². The molecule has 8 heteroatoms. The summed E-state index contributed by atoms with van der Waals surface area (Å²) in [5.74, 6) is 0.772. The first-order valence-corrected chi connectivity index (χ1v) is 12.4. The number of fused-ring (bicyclic) bond motifs is 2. The molecule has 3 aromatic heterocycles. The summed E-state index contributed by atoms with van der Waals surface area (Å²) in [6.07, 6.45) is 1.21. The number of nitrogens with one attached hydrogen (secondary N) is 1. The topological polar surface area (TPSA) is 49.2 Å². The summed E-state index contributed by atoms with van der Waals surface area (Å²) < 4.78 is 39.4. The van der Waals surface area contributed by atoms with Crippen molar-refractivity contribution in [3.8, 4) is 11.3 Å². The van der Waals surface area contributed by atoms with Crippen LogP contribution in [-0.2, 0) is 0 Å². The lowest BCUT2D eigenvalue weighted by molar-refractivity contribution is -0.136. The van der Waals surface area contributed by atoms with Crippen molar-refractivity contribution >= 4 is 16.6 Å². The van der Waals surface area contributed by atoms with Gasteiger partial charge in [-0.2, -0.15) is 13.2 Å². The van der Waals surface area contributed by atoms with E-state index in [1.165, 1.54) is 16.5 Å². The third-order valence-corrected chi connectivity index (χ3v) is 7.30. The van der Waals surface area contributed by atoms with E-state index < -0.39 is 12.6 Å². The van der Waals surface area contributed by atoms with Gasteiger partial charge in [-0.1, -0.05) is 19.9 Å². The number of halogens is 3. The third kappa shape index (κ3) is 4.94. The zero-order chi connectivity index (χ0) is 24.7. The maximum absolute atomic E-state index is 12.5. The van der Waals surface area contributed by atoms with Gasteiger partial charge in [0, 0.05) is 29.1 Å². The number of pyridine rings is 1. The largest absolute Gasteiger partial charge is 0.389 e. The van der Waals surface area contributed by atoms with Crippen LogP contribution in [0.2, 0.25) is 0 Å². The minimum absolute atomic E-state index is 0.185. The molecule has 1 aliphatic heterocycles. The summed E-state index contributed by atoms with van der Waals surface area (Å²) in [4.78, 5) is 5.84. The molecule has 0 saturated carbocycles. The number of rotatable bonds is 6. The molecule has 0 unspecified atom stereocenters. The Kier molecular flexibility index (Phi) is 6.34. The van der Waals surface area contributed by atoms with Crippen molar-refractivity contribution in [3.05, 3.63) is 53.5 Å². The van der Waals surface area contributed by atoms with Crippen molar-refractivity contribution in [2.24, 2.45) is 0 Å². The van der Waals surface area contributed by atoms with Crippen LogP contribution in [0.3, 0.4) is 0 Å². The van der Waals surface area contributed by atoms with Crippen LogP contribution in [0.4, 0.5) is 13.2 Å². The minimum Gasteiger partial charge on any atom is -0.354 e. The second kappa shape index (κ2) is 9.30. The van der Waals surface area contributed by atoms with E-state index in [-0.39, 0.29) is 6.42 Å². The van der Waals surface area contributed by atoms with E-state index in [2.05, 4.69) is 71.3 Å². The second-order valence-electron chi connectivity index (χ2n) is 10.2. The normalized spacial score (nSPS) is 16.2. The fraction of sp³-hybridized carbons (Fsp3) is 0.481. The average molecular weight is 484 g/mol. The van der Waals surface area contributed by atoms with E-state index in [0.717, 1.165) is 53.9 Å². The molecule has 1 aromatic carbocycles. The first-order chi connectivity index (χ1) is 16.7. The number of aromatic amines is 1. The number of likely N-dealkylation sites (tertiary alicyclic amines) is 1. The Morgan fingerprint density at radius 1 is 1.14 bits per heavy atom. The monoisotopic (exact) mass is 483 g/mol. The lowest BCUT2D eigenvalue weighted by Gasteiger charge is -2.32. The van der Waals surface area contributed by atoms with E-state index in [1.807, 2.05) is 4.40 Å². The Morgan fingerprint density at radius 3 is 2.63 bits per heavy atom. The zero-order valence-corrected chi connectivity index (χ0v) is 20.5. The summed E-state index contributed by atoms with van der Waals surface area (Å²) in [5.41, 5.74) is 7.94. The number of aromatic nitrogens is 4. The molecule has 1 N–H and O–H groups in total. The molecule has 35 heavy (non-hydrogen) atoms. The molecule has 0 radical (unpaired) electrons. The molecule has 1 aliphatic rings. The number of hydrogen-bond donors (Lipinski definition) is 1. The lowest BCUT2D eigenvalue weighted by Crippen LogP contribution is -2.34. The van der Waals surface area contributed by atoms with Gasteiger partial charge in [-0.3, -0.25) is 4.40 Å². The predicted octanol–water partition coefficient (Wildman–Crippen LogP) is 6.83. The summed E-state index contributed by atoms with van der Waals surface area (Å²) >= 11 is 0. The molecular formula is C27H32F3N5. The van der Waals surface area contributed by atoms with Crippen LogP contribution in [0.25, 0.3) is 27.8 Å². The molecule has 0 atom stereocenters. The molecule has 1 fully saturated rings. The highest BCUT2D eigenvalue weighted by molar-refractivity contribution is 5.92. The van der Waals surface area contributed by atoms with Gasteiger partial charge in [0.05, 0.1) is 5.69 Å². The van der Waals surface area contributed by atoms with Gasteiger partial charge in [0.15, 0.2) is 5.65 Å². The van der Waals surface area contributed by atoms with Crippen LogP contribution in [0.15, 0.2) is 36.8 Å². The van der Waals surface area contributed by atoms with E-state index >= 15 is 0 Å². The molecule has 186 valence electrons. The zero-order valence-electron chi connectivity index (χ0n) is 20.5. The van der Waals surface area contributed by atoms with E-state index in [0.29, 0.717) is 18.4 Å². The number of benzene rings is 1. The van der Waals surface area contributed by atoms with Gasteiger partial charge in [0.1, 0.15) is 6.33 Å². The highest BCUT2D eigenvalue weighted by Gasteiger charge is 2.28. The van der Waals surface area contributed by atoms with Crippen molar-refractivity contribution < 1.29 is 13.2 Å². The van der Waals surface area contributed by atoms with Crippen LogP contribution >= 0.6 is 0 Å². The quantitative estimate of drug-likeness (QED) is 0.327. The molecule has 0 bridgehead atoms. The first kappa shape index (κ1) is 23.9. The van der Waals surface area contributed by atoms with Crippen molar-refractivity contribution in [1.82, 2.24) is 24.5 Å². The number of alkyl halides is 3. The lowest BCUT2D eigenvalue weighted by atomic mass is 9.87. The van der Waals surface area contributed by atoms with Crippen molar-refractivity contribution in [2.45, 2.75) is 64.5 Å². The fourth-order valence-corrected chi connectivity index (χ4v) is 5.55. The van der Waals surface area contributed by atoms with Crippen LogP contribution in [-0.4, -0.2) is 50.3 Å². The fourth-order valence-electron chi connectivity index (χ4n) is 5.55. The number of nitrogens with zero attached hydrogens (tertiary/aromatic N) is 4. The number of hydrogen-bond acceptors (Lipinski definition) is 3. The Balaban J connectivity index is 1.39. The van der Waals surface area contributed by atoms with Gasteiger partial charge in [-0.05, 0) is 92.5 Å². The molecule has 0 spiro atoms. The first-order valence-electron chi connectivity index (χ1n) is 12.4. The minimum atomic E-state index is -4.06. The van der Waals surface area contributed by atoms with Crippen LogP contribution in [0.1, 0.15) is 68.1 Å². The Labute approximate surface area is 203 Å². The van der Waals surface area contributed by atoms with Crippen LogP contribution in [0, 0.1) is 6.92 Å². The molecule has 4 aromatic rings. The summed E-state index contributed by atoms with van der Waals surface area (Å²) in [7, 11) is 0. The van der Waals surface area contributed by atoms with Gasteiger partial charge < -0.3 is 9.88 Å². The van der Waals surface area contributed by atoms with Crippen molar-refractivity contribution in [2.75, 3.05) is 19.6 Å². The third-order valence-electron chi connectivity index (χ3n) is 7.30. The number of H-pyrrole nitrogens is 1. The maximum atomic E-state index is 12.5. The summed E-state index contributed by atoms with van der Waals surface area (Å²) in [6, 6.07) is 8.89. The average Bonchev–Trinajstić information content (AvgIpc) is 3.43. The molecule has 0 amide bonds. The van der Waals surface area contributed by atoms with Crippen molar-refractivity contribution in [1.29, 1.82) is 0 Å². The molecule has 5 rings (SSSR count). The maximum Gasteiger partial charge on any atom is 0.389 e. The summed E-state index contributed by atoms with van der Waals surface area (Å²) in [6.45, 7) is 8.74. The standard InChI is InChI=1S/C27H32F3N5/c1-17(2)24-22-14-20(19-7-11-34(12-8-19)10-4-9-27(28,29)30)5-6-23(22)32-25(24)21-13-18(3)26-33-31-16-35(26)15-21/h5-6,13-17,19,32H,4,7-12H2,1-3H3. The number of aryl methyl sites for hydroxylation is 1. The van der Waals surface area contributed by atoms with Gasteiger partial charge >= 0.3 is 6.18 Å². The van der Waals surface area contributed by atoms with E-state index in [4.69, 9.17) is 0 Å². The van der Waals surface area contributed by atoms with Crippen molar-refractivity contribution in [3.63, 3.8) is 0 Å². The Bertz CT molecular complexity index is 1330. The molecule has 4 heterocycles.